The molecule has 0 amide bonds. The summed E-state index contributed by atoms with van der Waals surface area (Å²) >= 11 is 0. The van der Waals surface area contributed by atoms with E-state index in [1.165, 1.54) is 19.3 Å². The second-order valence-electron chi connectivity index (χ2n) is 5.91. The number of fused-ring (bicyclic) bond motifs is 1. The van der Waals surface area contributed by atoms with Crippen LogP contribution in [-0.2, 0) is 0 Å². The van der Waals surface area contributed by atoms with E-state index < -0.39 is 0 Å². The largest absolute Gasteiger partial charge is 0.0654 e. The van der Waals surface area contributed by atoms with E-state index >= 15 is 0 Å². The van der Waals surface area contributed by atoms with E-state index in [0.717, 1.165) is 23.7 Å². The van der Waals surface area contributed by atoms with Crippen LogP contribution >= 0.6 is 0 Å². The molecule has 2 aliphatic rings. The van der Waals surface area contributed by atoms with Crippen molar-refractivity contribution in [1.29, 1.82) is 0 Å². The first-order chi connectivity index (χ1) is 6.79. The first-order valence-corrected chi connectivity index (χ1v) is 6.79. The Hall–Kier alpha value is 0. The molecule has 0 saturated heterocycles. The smallest absolute Gasteiger partial charge is 0.0383 e. The van der Waals surface area contributed by atoms with E-state index in [0.29, 0.717) is 0 Å². The fraction of sp³-hybridized carbons (Fsp3) is 1.00. The van der Waals surface area contributed by atoms with Gasteiger partial charge in [0.05, 0.1) is 0 Å². The highest BCUT2D eigenvalue weighted by Gasteiger charge is 2.33. The lowest BCUT2D eigenvalue weighted by molar-refractivity contribution is 0.100. The van der Waals surface area contributed by atoms with E-state index in [4.69, 9.17) is 0 Å². The van der Waals surface area contributed by atoms with Gasteiger partial charge in [-0.05, 0) is 49.4 Å². The third kappa shape index (κ3) is 2.32. The average Bonchev–Trinajstić information content (AvgIpc) is 2.19. The molecule has 0 spiro atoms. The maximum atomic E-state index is 2.45. The van der Waals surface area contributed by atoms with Gasteiger partial charge in [0.2, 0.25) is 0 Å². The molecule has 0 aromatic carbocycles. The van der Waals surface area contributed by atoms with Crippen LogP contribution in [0.4, 0.5) is 0 Å². The Kier molecular flexibility index (Phi) is 3.52. The Morgan fingerprint density at radius 2 is 1.64 bits per heavy atom. The normalized spacial score (nSPS) is 43.3. The predicted octanol–water partition coefficient (Wildman–Crippen LogP) is 4.64. The van der Waals surface area contributed by atoms with Gasteiger partial charge in [-0.3, -0.25) is 0 Å². The zero-order valence-electron chi connectivity index (χ0n) is 9.97. The van der Waals surface area contributed by atoms with Crippen LogP contribution in [0, 0.1) is 23.7 Å². The minimum atomic E-state index is 1.03. The van der Waals surface area contributed by atoms with Crippen LogP contribution in [0.15, 0.2) is 0 Å². The van der Waals surface area contributed by atoms with Crippen molar-refractivity contribution in [1.82, 2.24) is 0 Å². The van der Waals surface area contributed by atoms with Crippen molar-refractivity contribution in [2.75, 3.05) is 0 Å². The lowest BCUT2D eigenvalue weighted by Gasteiger charge is -2.41. The van der Waals surface area contributed by atoms with Crippen molar-refractivity contribution in [2.45, 2.75) is 65.2 Å². The molecule has 0 N–H and O–H groups in total. The summed E-state index contributed by atoms with van der Waals surface area (Å²) in [7, 11) is 0. The lowest BCUT2D eigenvalue weighted by atomic mass is 9.64. The summed E-state index contributed by atoms with van der Waals surface area (Å²) in [6.07, 6.45) is 12.2. The number of hydrogen-bond donors (Lipinski definition) is 0. The Labute approximate surface area is 89.5 Å². The Morgan fingerprint density at radius 3 is 2.43 bits per heavy atom. The summed E-state index contributed by atoms with van der Waals surface area (Å²) in [4.78, 5) is 0. The van der Waals surface area contributed by atoms with E-state index in [-0.39, 0.29) is 0 Å². The zero-order valence-corrected chi connectivity index (χ0v) is 9.97. The number of rotatable bonds is 2. The minimum Gasteiger partial charge on any atom is -0.0654 e. The molecule has 0 aromatic heterocycles. The molecule has 0 bridgehead atoms. The molecule has 2 fully saturated rings. The fourth-order valence-electron chi connectivity index (χ4n) is 3.89. The van der Waals surface area contributed by atoms with E-state index in [9.17, 15) is 0 Å². The summed E-state index contributed by atoms with van der Waals surface area (Å²) in [6.45, 7) is 4.80. The second kappa shape index (κ2) is 4.68. The maximum Gasteiger partial charge on any atom is -0.0383 e. The molecule has 2 rings (SSSR count). The van der Waals surface area contributed by atoms with Crippen molar-refractivity contribution in [2.24, 2.45) is 23.7 Å². The van der Waals surface area contributed by atoms with Crippen LogP contribution in [0.25, 0.3) is 0 Å². The summed E-state index contributed by atoms with van der Waals surface area (Å²) in [5, 5.41) is 0. The van der Waals surface area contributed by atoms with Gasteiger partial charge in [-0.15, -0.1) is 0 Å². The Bertz CT molecular complexity index is 173. The SMILES string of the molecule is CCCC1CCC2CC(C)CCC2C1. The van der Waals surface area contributed by atoms with Crippen LogP contribution in [0.2, 0.25) is 0 Å². The van der Waals surface area contributed by atoms with Crippen molar-refractivity contribution in [3.63, 3.8) is 0 Å². The van der Waals surface area contributed by atoms with Crippen LogP contribution < -0.4 is 0 Å². The van der Waals surface area contributed by atoms with Crippen molar-refractivity contribution in [3.05, 3.63) is 0 Å². The van der Waals surface area contributed by atoms with E-state index in [2.05, 4.69) is 13.8 Å². The van der Waals surface area contributed by atoms with Gasteiger partial charge in [-0.2, -0.15) is 0 Å². The molecular weight excluding hydrogens is 168 g/mol. The van der Waals surface area contributed by atoms with Crippen LogP contribution in [0.1, 0.15) is 65.2 Å². The first-order valence-electron chi connectivity index (χ1n) is 6.79. The lowest BCUT2D eigenvalue weighted by Crippen LogP contribution is -2.30. The average molecular weight is 194 g/mol. The summed E-state index contributed by atoms with van der Waals surface area (Å²) in [5.74, 6) is 4.36. The highest BCUT2D eigenvalue weighted by Crippen LogP contribution is 2.45. The standard InChI is InChI=1S/C14H26/c1-3-4-12-6-8-13-9-11(2)5-7-14(13)10-12/h11-14H,3-10H2,1-2H3. The second-order valence-corrected chi connectivity index (χ2v) is 5.91. The minimum absolute atomic E-state index is 1.03. The van der Waals surface area contributed by atoms with Gasteiger partial charge in [0, 0.05) is 0 Å². The molecule has 0 heterocycles. The Balaban J connectivity index is 1.85. The molecule has 14 heavy (non-hydrogen) atoms. The molecule has 2 aliphatic carbocycles. The molecule has 4 atom stereocenters. The van der Waals surface area contributed by atoms with Gasteiger partial charge in [-0.25, -0.2) is 0 Å². The highest BCUT2D eigenvalue weighted by atomic mass is 14.4. The van der Waals surface area contributed by atoms with Crippen molar-refractivity contribution < 1.29 is 0 Å². The van der Waals surface area contributed by atoms with Gasteiger partial charge < -0.3 is 0 Å². The van der Waals surface area contributed by atoms with Crippen molar-refractivity contribution in [3.8, 4) is 0 Å². The predicted molar refractivity (Wildman–Crippen MR) is 62.2 cm³/mol. The summed E-state index contributed by atoms with van der Waals surface area (Å²) in [6, 6.07) is 0. The van der Waals surface area contributed by atoms with Crippen molar-refractivity contribution >= 4 is 0 Å². The quantitative estimate of drug-likeness (QED) is 0.601. The van der Waals surface area contributed by atoms with Crippen LogP contribution in [0.5, 0.6) is 0 Å². The van der Waals surface area contributed by atoms with Crippen LogP contribution in [-0.4, -0.2) is 0 Å². The molecule has 82 valence electrons. The summed E-state index contributed by atoms with van der Waals surface area (Å²) in [5.41, 5.74) is 0. The molecule has 0 heteroatoms. The molecule has 0 aromatic rings. The monoisotopic (exact) mass is 194 g/mol. The number of hydrogen-bond acceptors (Lipinski definition) is 0. The van der Waals surface area contributed by atoms with E-state index in [1.807, 2.05) is 0 Å². The molecule has 0 aliphatic heterocycles. The third-order valence-electron chi connectivity index (χ3n) is 4.68. The fourth-order valence-corrected chi connectivity index (χ4v) is 3.89. The maximum absolute atomic E-state index is 2.45. The van der Waals surface area contributed by atoms with Crippen LogP contribution in [0.3, 0.4) is 0 Å². The van der Waals surface area contributed by atoms with E-state index in [1.54, 1.807) is 32.1 Å². The Morgan fingerprint density at radius 1 is 0.929 bits per heavy atom. The molecule has 4 unspecified atom stereocenters. The van der Waals surface area contributed by atoms with Gasteiger partial charge in [-0.1, -0.05) is 39.5 Å². The third-order valence-corrected chi connectivity index (χ3v) is 4.68. The topological polar surface area (TPSA) is 0 Å². The zero-order chi connectivity index (χ0) is 9.97. The highest BCUT2D eigenvalue weighted by molar-refractivity contribution is 4.84. The summed E-state index contributed by atoms with van der Waals surface area (Å²) < 4.78 is 0. The van der Waals surface area contributed by atoms with Gasteiger partial charge >= 0.3 is 0 Å². The van der Waals surface area contributed by atoms with Gasteiger partial charge in [0.25, 0.3) is 0 Å². The molecular formula is C14H26. The molecule has 0 radical (unpaired) electrons. The van der Waals surface area contributed by atoms with Gasteiger partial charge in [0.1, 0.15) is 0 Å². The molecule has 0 nitrogen and oxygen atoms in total. The van der Waals surface area contributed by atoms with Gasteiger partial charge in [0.15, 0.2) is 0 Å². The first kappa shape index (κ1) is 10.5. The molecule has 2 saturated carbocycles.